The van der Waals surface area contributed by atoms with E-state index in [1.165, 1.54) is 0 Å². The topological polar surface area (TPSA) is 66.5 Å². The van der Waals surface area contributed by atoms with Crippen molar-refractivity contribution in [3.63, 3.8) is 0 Å². The van der Waals surface area contributed by atoms with Gasteiger partial charge in [0.15, 0.2) is 9.84 Å². The fourth-order valence-corrected chi connectivity index (χ4v) is 4.01. The summed E-state index contributed by atoms with van der Waals surface area (Å²) in [7, 11) is -2.89. The summed E-state index contributed by atoms with van der Waals surface area (Å²) in [6.07, 6.45) is 2.70. The van der Waals surface area contributed by atoms with Crippen LogP contribution in [0.15, 0.2) is 0 Å². The Labute approximate surface area is 110 Å². The first kappa shape index (κ1) is 15.4. The molecule has 0 aromatic heterocycles. The number of carbonyl (C=O) groups excluding carboxylic acids is 1. The van der Waals surface area contributed by atoms with E-state index in [0.717, 1.165) is 19.4 Å². The lowest BCUT2D eigenvalue weighted by molar-refractivity contribution is -0.122. The molecule has 18 heavy (non-hydrogen) atoms. The van der Waals surface area contributed by atoms with Gasteiger partial charge in [-0.05, 0) is 26.3 Å². The molecule has 1 heterocycles. The summed E-state index contributed by atoms with van der Waals surface area (Å²) in [5, 5.41) is 2.77. The van der Waals surface area contributed by atoms with E-state index >= 15 is 0 Å². The van der Waals surface area contributed by atoms with Crippen LogP contribution >= 0.6 is 0 Å². The van der Waals surface area contributed by atoms with Gasteiger partial charge in [-0.15, -0.1) is 0 Å². The Hall–Kier alpha value is -0.620. The molecule has 1 N–H and O–H groups in total. The van der Waals surface area contributed by atoms with E-state index in [2.05, 4.69) is 12.2 Å². The number of sulfone groups is 1. The maximum absolute atomic E-state index is 11.6. The van der Waals surface area contributed by atoms with E-state index in [1.807, 2.05) is 11.8 Å². The molecular weight excluding hydrogens is 252 g/mol. The fraction of sp³-hybridized carbons (Fsp3) is 0.917. The molecule has 0 aliphatic carbocycles. The summed E-state index contributed by atoms with van der Waals surface area (Å²) in [6.45, 7) is 5.70. The second kappa shape index (κ2) is 7.09. The Kier molecular flexibility index (Phi) is 6.08. The number of hydrogen-bond acceptors (Lipinski definition) is 4. The molecule has 1 saturated heterocycles. The molecule has 1 atom stereocenters. The van der Waals surface area contributed by atoms with Crippen molar-refractivity contribution in [2.75, 3.05) is 31.1 Å². The Morgan fingerprint density at radius 3 is 2.61 bits per heavy atom. The molecule has 0 radical (unpaired) electrons. The zero-order valence-corrected chi connectivity index (χ0v) is 12.1. The molecule has 1 aliphatic rings. The number of likely N-dealkylation sites (N-methyl/N-ethyl adjacent to an activating group) is 1. The van der Waals surface area contributed by atoms with Crippen molar-refractivity contribution < 1.29 is 13.2 Å². The number of hydrogen-bond donors (Lipinski definition) is 1. The lowest BCUT2D eigenvalue weighted by Crippen LogP contribution is -2.44. The maximum atomic E-state index is 11.6. The molecule has 1 aliphatic heterocycles. The highest BCUT2D eigenvalue weighted by Gasteiger charge is 2.32. The third-order valence-corrected chi connectivity index (χ3v) is 4.99. The summed E-state index contributed by atoms with van der Waals surface area (Å²) in [4.78, 5) is 13.7. The van der Waals surface area contributed by atoms with Crippen LogP contribution in [0.5, 0.6) is 0 Å². The van der Waals surface area contributed by atoms with Gasteiger partial charge in [-0.25, -0.2) is 8.42 Å². The minimum absolute atomic E-state index is 0.0158. The number of rotatable bonds is 7. The van der Waals surface area contributed by atoms with Crippen molar-refractivity contribution in [2.45, 2.75) is 39.2 Å². The van der Waals surface area contributed by atoms with Gasteiger partial charge in [0.05, 0.1) is 18.1 Å². The lowest BCUT2D eigenvalue weighted by atomic mass is 10.2. The third kappa shape index (κ3) is 4.94. The lowest BCUT2D eigenvalue weighted by Gasteiger charge is -2.27. The van der Waals surface area contributed by atoms with Crippen LogP contribution in [-0.4, -0.2) is 56.4 Å². The van der Waals surface area contributed by atoms with Gasteiger partial charge in [0.2, 0.25) is 5.91 Å². The highest BCUT2D eigenvalue weighted by molar-refractivity contribution is 7.91. The number of amides is 1. The molecule has 6 heteroatoms. The SMILES string of the molecule is CCCCN(CC(=O)NCC)C1CCS(=O)(=O)C1. The highest BCUT2D eigenvalue weighted by atomic mass is 32.2. The summed E-state index contributed by atoms with van der Waals surface area (Å²) in [5.74, 6) is 0.448. The molecule has 5 nitrogen and oxygen atoms in total. The van der Waals surface area contributed by atoms with Crippen LogP contribution in [-0.2, 0) is 14.6 Å². The predicted octanol–water partition coefficient (Wildman–Crippen LogP) is 0.412. The quantitative estimate of drug-likeness (QED) is 0.731. The smallest absolute Gasteiger partial charge is 0.234 e. The van der Waals surface area contributed by atoms with Gasteiger partial charge in [0.25, 0.3) is 0 Å². The van der Waals surface area contributed by atoms with Crippen LogP contribution in [0.1, 0.15) is 33.1 Å². The first-order chi connectivity index (χ1) is 8.48. The summed E-state index contributed by atoms with van der Waals surface area (Å²) in [5.41, 5.74) is 0. The molecule has 1 rings (SSSR count). The maximum Gasteiger partial charge on any atom is 0.234 e. The molecule has 0 aromatic carbocycles. The normalized spacial score (nSPS) is 22.3. The van der Waals surface area contributed by atoms with Gasteiger partial charge in [0.1, 0.15) is 0 Å². The van der Waals surface area contributed by atoms with E-state index in [4.69, 9.17) is 0 Å². The van der Waals surface area contributed by atoms with Crippen LogP contribution in [0.2, 0.25) is 0 Å². The largest absolute Gasteiger partial charge is 0.355 e. The van der Waals surface area contributed by atoms with E-state index < -0.39 is 9.84 Å². The average molecular weight is 276 g/mol. The van der Waals surface area contributed by atoms with Crippen molar-refractivity contribution in [1.82, 2.24) is 10.2 Å². The molecule has 0 aromatic rings. The summed E-state index contributed by atoms with van der Waals surface area (Å²) < 4.78 is 23.0. The van der Waals surface area contributed by atoms with Gasteiger partial charge < -0.3 is 5.32 Å². The third-order valence-electron chi connectivity index (χ3n) is 3.24. The molecule has 1 amide bonds. The van der Waals surface area contributed by atoms with Crippen molar-refractivity contribution >= 4 is 15.7 Å². The van der Waals surface area contributed by atoms with Crippen LogP contribution in [0.4, 0.5) is 0 Å². The second-order valence-corrected chi connectivity index (χ2v) is 7.06. The highest BCUT2D eigenvalue weighted by Crippen LogP contribution is 2.18. The van der Waals surface area contributed by atoms with E-state index in [0.29, 0.717) is 19.5 Å². The molecule has 0 spiro atoms. The van der Waals surface area contributed by atoms with Crippen LogP contribution in [0.25, 0.3) is 0 Å². The minimum atomic E-state index is -2.89. The van der Waals surface area contributed by atoms with Gasteiger partial charge >= 0.3 is 0 Å². The Bertz CT molecular complexity index is 368. The Morgan fingerprint density at radius 2 is 2.11 bits per heavy atom. The molecule has 106 valence electrons. The predicted molar refractivity (Wildman–Crippen MR) is 72.2 cm³/mol. The molecular formula is C12H24N2O3S. The van der Waals surface area contributed by atoms with Crippen LogP contribution in [0, 0.1) is 0 Å². The molecule has 1 unspecified atom stereocenters. The zero-order chi connectivity index (χ0) is 13.6. The average Bonchev–Trinajstić information content (AvgIpc) is 2.65. The Morgan fingerprint density at radius 1 is 1.39 bits per heavy atom. The fourth-order valence-electron chi connectivity index (χ4n) is 2.25. The van der Waals surface area contributed by atoms with Crippen molar-refractivity contribution in [1.29, 1.82) is 0 Å². The van der Waals surface area contributed by atoms with Gasteiger partial charge in [-0.2, -0.15) is 0 Å². The van der Waals surface area contributed by atoms with E-state index in [1.54, 1.807) is 0 Å². The van der Waals surface area contributed by atoms with Crippen molar-refractivity contribution in [2.24, 2.45) is 0 Å². The van der Waals surface area contributed by atoms with E-state index in [9.17, 15) is 13.2 Å². The van der Waals surface area contributed by atoms with Crippen molar-refractivity contribution in [3.8, 4) is 0 Å². The molecule has 0 saturated carbocycles. The Balaban J connectivity index is 2.58. The molecule has 1 fully saturated rings. The number of carbonyl (C=O) groups is 1. The minimum Gasteiger partial charge on any atom is -0.355 e. The number of nitrogens with one attached hydrogen (secondary N) is 1. The van der Waals surface area contributed by atoms with Crippen molar-refractivity contribution in [3.05, 3.63) is 0 Å². The zero-order valence-electron chi connectivity index (χ0n) is 11.3. The van der Waals surface area contributed by atoms with Gasteiger partial charge in [-0.3, -0.25) is 9.69 Å². The van der Waals surface area contributed by atoms with Crippen LogP contribution < -0.4 is 5.32 Å². The summed E-state index contributed by atoms with van der Waals surface area (Å²) in [6, 6.07) is 0.0177. The van der Waals surface area contributed by atoms with Gasteiger partial charge in [-0.1, -0.05) is 13.3 Å². The molecule has 0 bridgehead atoms. The monoisotopic (exact) mass is 276 g/mol. The standard InChI is InChI=1S/C12H24N2O3S/c1-3-5-7-14(9-12(15)13-4-2)11-6-8-18(16,17)10-11/h11H,3-10H2,1-2H3,(H,13,15). The van der Waals surface area contributed by atoms with E-state index in [-0.39, 0.29) is 23.5 Å². The number of unbranched alkanes of at least 4 members (excludes halogenated alkanes) is 1. The second-order valence-electron chi connectivity index (χ2n) is 4.83. The van der Waals surface area contributed by atoms with Gasteiger partial charge in [0, 0.05) is 12.6 Å². The summed E-state index contributed by atoms with van der Waals surface area (Å²) >= 11 is 0. The number of nitrogens with zero attached hydrogens (tertiary/aromatic N) is 1. The first-order valence-corrected chi connectivity index (χ1v) is 8.51. The van der Waals surface area contributed by atoms with Crippen LogP contribution in [0.3, 0.4) is 0 Å². The first-order valence-electron chi connectivity index (χ1n) is 6.69.